The van der Waals surface area contributed by atoms with Crippen LogP contribution in [0.3, 0.4) is 0 Å². The molecule has 0 nitrogen and oxygen atoms in total. The van der Waals surface area contributed by atoms with Crippen molar-refractivity contribution >= 4 is 24.4 Å². The Hall–Kier alpha value is -3.98. The van der Waals surface area contributed by atoms with E-state index in [9.17, 15) is 0 Å². The third kappa shape index (κ3) is 5.59. The fraction of sp³-hybridized carbons (Fsp3) is 0.0270. The van der Waals surface area contributed by atoms with Crippen LogP contribution in [0, 0.1) is 6.92 Å². The number of hydrogen-bond donors (Lipinski definition) is 1. The van der Waals surface area contributed by atoms with Crippen molar-refractivity contribution in [3.63, 3.8) is 0 Å². The van der Waals surface area contributed by atoms with E-state index in [0.717, 1.165) is 10.5 Å². The first kappa shape index (κ1) is 25.3. The van der Waals surface area contributed by atoms with Crippen molar-refractivity contribution in [2.45, 2.75) is 21.6 Å². The first-order valence-electron chi connectivity index (χ1n) is 13.1. The second kappa shape index (κ2) is 11.4. The summed E-state index contributed by atoms with van der Waals surface area (Å²) >= 11 is 6.54. The Balaban J connectivity index is 1.35. The molecule has 6 rings (SSSR count). The summed E-state index contributed by atoms with van der Waals surface area (Å²) < 4.78 is 0. The van der Waals surface area contributed by atoms with E-state index in [1.807, 2.05) is 23.9 Å². The summed E-state index contributed by atoms with van der Waals surface area (Å²) in [5, 5.41) is 0. The van der Waals surface area contributed by atoms with Crippen molar-refractivity contribution in [1.29, 1.82) is 0 Å². The molecular weight excluding hydrogens is 509 g/mol. The third-order valence-corrected chi connectivity index (χ3v) is 8.57. The molecule has 0 N–H and O–H groups in total. The van der Waals surface area contributed by atoms with Crippen molar-refractivity contribution in [2.75, 3.05) is 0 Å². The van der Waals surface area contributed by atoms with Gasteiger partial charge < -0.3 is 0 Å². The van der Waals surface area contributed by atoms with E-state index >= 15 is 0 Å². The molecule has 0 saturated heterocycles. The average molecular weight is 537 g/mol. The van der Waals surface area contributed by atoms with Gasteiger partial charge in [-0.3, -0.25) is 0 Å². The molecule has 0 aliphatic heterocycles. The minimum atomic E-state index is 0.983. The predicted octanol–water partition coefficient (Wildman–Crippen LogP) is 11.1. The summed E-state index contributed by atoms with van der Waals surface area (Å²) in [6, 6.07) is 51.9. The molecule has 0 radical (unpaired) electrons. The zero-order valence-corrected chi connectivity index (χ0v) is 23.4. The highest BCUT2D eigenvalue weighted by molar-refractivity contribution is 7.99. The molecule has 6 aromatic rings. The van der Waals surface area contributed by atoms with Gasteiger partial charge in [0, 0.05) is 14.7 Å². The van der Waals surface area contributed by atoms with Gasteiger partial charge in [0.1, 0.15) is 0 Å². The molecule has 0 atom stereocenters. The Morgan fingerprint density at radius 1 is 0.436 bits per heavy atom. The minimum absolute atomic E-state index is 0.983. The van der Waals surface area contributed by atoms with Crippen molar-refractivity contribution in [3.8, 4) is 44.5 Å². The molecule has 0 amide bonds. The first-order chi connectivity index (χ1) is 19.2. The number of rotatable bonds is 6. The Morgan fingerprint density at radius 2 is 1.00 bits per heavy atom. The minimum Gasteiger partial charge on any atom is -0.143 e. The van der Waals surface area contributed by atoms with Crippen LogP contribution in [0.25, 0.3) is 44.5 Å². The van der Waals surface area contributed by atoms with Crippen molar-refractivity contribution in [2.24, 2.45) is 0 Å². The number of hydrogen-bond acceptors (Lipinski definition) is 2. The highest BCUT2D eigenvalue weighted by Crippen LogP contribution is 2.39. The molecule has 188 valence electrons. The van der Waals surface area contributed by atoms with E-state index in [1.165, 1.54) is 54.3 Å². The van der Waals surface area contributed by atoms with Gasteiger partial charge in [-0.25, -0.2) is 0 Å². The van der Waals surface area contributed by atoms with Crippen LogP contribution in [-0.2, 0) is 0 Å². The molecule has 0 saturated carbocycles. The summed E-state index contributed by atoms with van der Waals surface area (Å²) in [6.45, 7) is 2.21. The Morgan fingerprint density at radius 3 is 1.69 bits per heavy atom. The molecule has 0 aliphatic rings. The van der Waals surface area contributed by atoms with Gasteiger partial charge in [-0.05, 0) is 87.3 Å². The molecule has 0 unspecified atom stereocenters. The lowest BCUT2D eigenvalue weighted by molar-refractivity contribution is 1.29. The third-order valence-electron chi connectivity index (χ3n) is 6.99. The normalized spacial score (nSPS) is 10.9. The van der Waals surface area contributed by atoms with E-state index in [0.29, 0.717) is 0 Å². The number of aryl methyl sites for hydroxylation is 1. The Labute approximate surface area is 240 Å². The summed E-state index contributed by atoms with van der Waals surface area (Å²) in [4.78, 5) is 3.49. The standard InChI is InChI=1S/C37H28S2/c1-26-24-30(19-23-37(26)39-32-20-16-28(17-21-32)27-10-4-2-5-11-27)35-25-31(34-14-8-9-15-36(34)38)18-22-33(35)29-12-6-3-7-13-29/h2-25,38H,1H3. The van der Waals surface area contributed by atoms with Crippen LogP contribution >= 0.6 is 24.4 Å². The van der Waals surface area contributed by atoms with Gasteiger partial charge >= 0.3 is 0 Å². The van der Waals surface area contributed by atoms with E-state index in [1.54, 1.807) is 0 Å². The predicted molar refractivity (Wildman–Crippen MR) is 171 cm³/mol. The van der Waals surface area contributed by atoms with Gasteiger partial charge in [0.2, 0.25) is 0 Å². The van der Waals surface area contributed by atoms with Crippen LogP contribution in [0.2, 0.25) is 0 Å². The molecular formula is C37H28S2. The lowest BCUT2D eigenvalue weighted by atomic mass is 9.90. The fourth-order valence-corrected chi connectivity index (χ4v) is 6.11. The molecule has 0 aliphatic carbocycles. The van der Waals surface area contributed by atoms with E-state index in [-0.39, 0.29) is 0 Å². The topological polar surface area (TPSA) is 0 Å². The average Bonchev–Trinajstić information content (AvgIpc) is 2.99. The van der Waals surface area contributed by atoms with Gasteiger partial charge in [0.15, 0.2) is 0 Å². The molecule has 39 heavy (non-hydrogen) atoms. The summed E-state index contributed by atoms with van der Waals surface area (Å²) in [5.74, 6) is 0. The van der Waals surface area contributed by atoms with Crippen molar-refractivity contribution in [1.82, 2.24) is 0 Å². The Kier molecular flexibility index (Phi) is 7.40. The van der Waals surface area contributed by atoms with Crippen molar-refractivity contribution in [3.05, 3.63) is 151 Å². The number of thiol groups is 1. The zero-order valence-electron chi connectivity index (χ0n) is 21.7. The SMILES string of the molecule is Cc1cc(-c2cc(-c3ccccc3S)ccc2-c2ccccc2)ccc1Sc1ccc(-c2ccccc2)cc1. The van der Waals surface area contributed by atoms with Crippen LogP contribution in [0.1, 0.15) is 5.56 Å². The number of benzene rings is 6. The maximum absolute atomic E-state index is 4.73. The maximum Gasteiger partial charge on any atom is 0.0152 e. The first-order valence-corrected chi connectivity index (χ1v) is 14.3. The second-order valence-corrected chi connectivity index (χ2v) is 11.2. The van der Waals surface area contributed by atoms with Crippen molar-refractivity contribution < 1.29 is 0 Å². The van der Waals surface area contributed by atoms with E-state index in [4.69, 9.17) is 12.6 Å². The van der Waals surface area contributed by atoms with Gasteiger partial charge in [-0.2, -0.15) is 0 Å². The summed E-state index contributed by atoms with van der Waals surface area (Å²) in [7, 11) is 0. The smallest absolute Gasteiger partial charge is 0.0152 e. The van der Waals surface area contributed by atoms with Gasteiger partial charge in [0.25, 0.3) is 0 Å². The lowest BCUT2D eigenvalue weighted by Gasteiger charge is -2.16. The van der Waals surface area contributed by atoms with Crippen LogP contribution in [0.5, 0.6) is 0 Å². The zero-order chi connectivity index (χ0) is 26.6. The molecule has 0 spiro atoms. The molecule has 0 heterocycles. The van der Waals surface area contributed by atoms with Gasteiger partial charge in [0.05, 0.1) is 0 Å². The maximum atomic E-state index is 4.73. The fourth-order valence-electron chi connectivity index (χ4n) is 4.94. The van der Waals surface area contributed by atoms with Crippen LogP contribution in [-0.4, -0.2) is 0 Å². The van der Waals surface area contributed by atoms with E-state index < -0.39 is 0 Å². The van der Waals surface area contributed by atoms with Crippen LogP contribution in [0.4, 0.5) is 0 Å². The highest BCUT2D eigenvalue weighted by Gasteiger charge is 2.13. The molecule has 6 aromatic carbocycles. The quantitative estimate of drug-likeness (QED) is 0.207. The lowest BCUT2D eigenvalue weighted by Crippen LogP contribution is -1.90. The summed E-state index contributed by atoms with van der Waals surface area (Å²) in [6.07, 6.45) is 0. The Bertz CT molecular complexity index is 1720. The van der Waals surface area contributed by atoms with Crippen LogP contribution < -0.4 is 0 Å². The largest absolute Gasteiger partial charge is 0.143 e. The molecule has 2 heteroatoms. The molecule has 0 fully saturated rings. The van der Waals surface area contributed by atoms with Gasteiger partial charge in [-0.1, -0.05) is 127 Å². The highest BCUT2D eigenvalue weighted by atomic mass is 32.2. The van der Waals surface area contributed by atoms with Crippen LogP contribution in [0.15, 0.2) is 160 Å². The summed E-state index contributed by atoms with van der Waals surface area (Å²) in [5.41, 5.74) is 10.9. The molecule has 0 bridgehead atoms. The monoisotopic (exact) mass is 536 g/mol. The van der Waals surface area contributed by atoms with Gasteiger partial charge in [-0.15, -0.1) is 12.6 Å². The molecule has 0 aromatic heterocycles. The van der Waals surface area contributed by atoms with E-state index in [2.05, 4.69) is 140 Å². The second-order valence-electron chi connectivity index (χ2n) is 9.62.